The SMILES string of the molecule is C=CCN(C)CC=CCOc1ccc(Cc2ccc(I)cc2)cc1. The second-order valence-electron chi connectivity index (χ2n) is 5.74. The minimum atomic E-state index is 0.596. The molecule has 2 aromatic carbocycles. The predicted octanol–water partition coefficient (Wildman–Crippen LogP) is 4.93. The molecule has 0 aliphatic rings. The van der Waals surface area contributed by atoms with Crippen LogP contribution in [0.5, 0.6) is 5.75 Å². The molecule has 24 heavy (non-hydrogen) atoms. The lowest BCUT2D eigenvalue weighted by Gasteiger charge is -2.10. The summed E-state index contributed by atoms with van der Waals surface area (Å²) in [5, 5.41) is 0. The van der Waals surface area contributed by atoms with E-state index in [1.165, 1.54) is 14.7 Å². The van der Waals surface area contributed by atoms with E-state index < -0.39 is 0 Å². The first-order chi connectivity index (χ1) is 11.7. The second-order valence-corrected chi connectivity index (χ2v) is 6.99. The maximum atomic E-state index is 5.74. The minimum absolute atomic E-state index is 0.596. The Hall–Kier alpha value is -1.59. The fraction of sp³-hybridized carbons (Fsp3) is 0.238. The molecule has 0 amide bonds. The fourth-order valence-corrected chi connectivity index (χ4v) is 2.66. The van der Waals surface area contributed by atoms with Crippen LogP contribution in [-0.4, -0.2) is 31.6 Å². The van der Waals surface area contributed by atoms with Crippen molar-refractivity contribution >= 4 is 22.6 Å². The molecule has 2 nitrogen and oxygen atoms in total. The molecular weight excluding hydrogens is 409 g/mol. The predicted molar refractivity (Wildman–Crippen MR) is 111 cm³/mol. The van der Waals surface area contributed by atoms with Gasteiger partial charge < -0.3 is 4.74 Å². The number of halogens is 1. The van der Waals surface area contributed by atoms with Crippen molar-refractivity contribution in [2.75, 3.05) is 26.7 Å². The van der Waals surface area contributed by atoms with Crippen LogP contribution in [0.4, 0.5) is 0 Å². The van der Waals surface area contributed by atoms with Gasteiger partial charge in [-0.15, -0.1) is 6.58 Å². The molecule has 0 fully saturated rings. The molecule has 0 spiro atoms. The first-order valence-electron chi connectivity index (χ1n) is 8.08. The van der Waals surface area contributed by atoms with Gasteiger partial charge in [-0.3, -0.25) is 4.90 Å². The molecule has 0 atom stereocenters. The second kappa shape index (κ2) is 10.3. The number of nitrogens with zero attached hydrogens (tertiary/aromatic N) is 1. The fourth-order valence-electron chi connectivity index (χ4n) is 2.30. The molecule has 0 bridgehead atoms. The van der Waals surface area contributed by atoms with Gasteiger partial charge in [0.2, 0.25) is 0 Å². The van der Waals surface area contributed by atoms with Crippen LogP contribution >= 0.6 is 22.6 Å². The molecule has 0 unspecified atom stereocenters. The van der Waals surface area contributed by atoms with E-state index in [1.807, 2.05) is 18.2 Å². The van der Waals surface area contributed by atoms with E-state index in [0.717, 1.165) is 25.3 Å². The van der Waals surface area contributed by atoms with E-state index in [9.17, 15) is 0 Å². The van der Waals surface area contributed by atoms with Gasteiger partial charge in [-0.05, 0) is 71.5 Å². The number of benzene rings is 2. The van der Waals surface area contributed by atoms with Crippen LogP contribution in [0.2, 0.25) is 0 Å². The zero-order valence-corrected chi connectivity index (χ0v) is 16.3. The molecule has 0 saturated carbocycles. The first kappa shape index (κ1) is 18.7. The summed E-state index contributed by atoms with van der Waals surface area (Å²) in [5.41, 5.74) is 2.63. The molecule has 0 N–H and O–H groups in total. The van der Waals surface area contributed by atoms with Gasteiger partial charge in [0.05, 0.1) is 0 Å². The quantitative estimate of drug-likeness (QED) is 0.411. The van der Waals surface area contributed by atoms with Crippen LogP contribution in [0.3, 0.4) is 0 Å². The topological polar surface area (TPSA) is 12.5 Å². The largest absolute Gasteiger partial charge is 0.490 e. The molecule has 3 heteroatoms. The molecule has 0 aromatic heterocycles. The van der Waals surface area contributed by atoms with E-state index in [4.69, 9.17) is 4.74 Å². The van der Waals surface area contributed by atoms with Gasteiger partial charge in [0.25, 0.3) is 0 Å². The van der Waals surface area contributed by atoms with Gasteiger partial charge in [-0.1, -0.05) is 42.5 Å². The molecule has 0 saturated heterocycles. The standard InChI is InChI=1S/C21H24INO/c1-3-14-23(2)15-4-5-16-24-21-12-8-19(9-13-21)17-18-6-10-20(22)11-7-18/h3-13H,1,14-17H2,2H3. The van der Waals surface area contributed by atoms with Crippen molar-refractivity contribution < 1.29 is 4.74 Å². The van der Waals surface area contributed by atoms with Crippen LogP contribution < -0.4 is 4.74 Å². The smallest absolute Gasteiger partial charge is 0.119 e. The highest BCUT2D eigenvalue weighted by Gasteiger charge is 1.98. The number of rotatable bonds is 9. The summed E-state index contributed by atoms with van der Waals surface area (Å²) in [6.07, 6.45) is 7.03. The summed E-state index contributed by atoms with van der Waals surface area (Å²) in [5.74, 6) is 0.908. The summed E-state index contributed by atoms with van der Waals surface area (Å²) in [7, 11) is 2.07. The number of ether oxygens (including phenoxy) is 1. The Bertz CT molecular complexity index is 647. The van der Waals surface area contributed by atoms with Crippen molar-refractivity contribution in [3.63, 3.8) is 0 Å². The zero-order valence-electron chi connectivity index (χ0n) is 14.1. The summed E-state index contributed by atoms with van der Waals surface area (Å²) >= 11 is 2.33. The molecule has 2 rings (SSSR count). The van der Waals surface area contributed by atoms with E-state index in [0.29, 0.717) is 6.61 Å². The van der Waals surface area contributed by atoms with Crippen molar-refractivity contribution in [1.29, 1.82) is 0 Å². The Morgan fingerprint density at radius 3 is 2.21 bits per heavy atom. The van der Waals surface area contributed by atoms with Crippen LogP contribution in [0.1, 0.15) is 11.1 Å². The number of hydrogen-bond acceptors (Lipinski definition) is 2. The number of hydrogen-bond donors (Lipinski definition) is 0. The normalized spacial score (nSPS) is 11.1. The molecular formula is C21H24INO. The Balaban J connectivity index is 1.76. The van der Waals surface area contributed by atoms with Crippen LogP contribution in [0.25, 0.3) is 0 Å². The van der Waals surface area contributed by atoms with Crippen molar-refractivity contribution in [1.82, 2.24) is 4.90 Å². The third-order valence-corrected chi connectivity index (χ3v) is 4.33. The van der Waals surface area contributed by atoms with Gasteiger partial charge in [-0.25, -0.2) is 0 Å². The van der Waals surface area contributed by atoms with Crippen molar-refractivity contribution in [3.05, 3.63) is 88.0 Å². The van der Waals surface area contributed by atoms with Crippen LogP contribution in [0.15, 0.2) is 73.3 Å². The third kappa shape index (κ3) is 6.89. The summed E-state index contributed by atoms with van der Waals surface area (Å²) in [6.45, 7) is 6.13. The first-order valence-corrected chi connectivity index (χ1v) is 9.16. The molecule has 0 aliphatic carbocycles. The Kier molecular flexibility index (Phi) is 8.05. The highest BCUT2D eigenvalue weighted by molar-refractivity contribution is 14.1. The lowest BCUT2D eigenvalue weighted by atomic mass is 10.1. The van der Waals surface area contributed by atoms with Crippen LogP contribution in [-0.2, 0) is 6.42 Å². The van der Waals surface area contributed by atoms with Crippen LogP contribution in [0, 0.1) is 3.57 Å². The Morgan fingerprint density at radius 2 is 1.58 bits per heavy atom. The molecule has 126 valence electrons. The van der Waals surface area contributed by atoms with Gasteiger partial charge in [0.15, 0.2) is 0 Å². The zero-order chi connectivity index (χ0) is 17.2. The molecule has 0 radical (unpaired) electrons. The lowest BCUT2D eigenvalue weighted by molar-refractivity contribution is 0.360. The Labute approximate surface area is 159 Å². The molecule has 0 heterocycles. The summed E-state index contributed by atoms with van der Waals surface area (Å²) in [4.78, 5) is 2.18. The summed E-state index contributed by atoms with van der Waals surface area (Å²) in [6, 6.07) is 17.0. The number of likely N-dealkylation sites (N-methyl/N-ethyl adjacent to an activating group) is 1. The highest BCUT2D eigenvalue weighted by Crippen LogP contribution is 2.16. The minimum Gasteiger partial charge on any atom is -0.490 e. The van der Waals surface area contributed by atoms with Gasteiger partial charge >= 0.3 is 0 Å². The average molecular weight is 433 g/mol. The van der Waals surface area contributed by atoms with Gasteiger partial charge in [0, 0.05) is 16.7 Å². The molecule has 0 aliphatic heterocycles. The maximum Gasteiger partial charge on any atom is 0.119 e. The average Bonchev–Trinajstić information content (AvgIpc) is 2.58. The molecule has 2 aromatic rings. The lowest BCUT2D eigenvalue weighted by Crippen LogP contribution is -2.17. The van der Waals surface area contributed by atoms with E-state index in [1.54, 1.807) is 0 Å². The highest BCUT2D eigenvalue weighted by atomic mass is 127. The summed E-state index contributed by atoms with van der Waals surface area (Å²) < 4.78 is 7.01. The van der Waals surface area contributed by atoms with Crippen molar-refractivity contribution in [3.8, 4) is 5.75 Å². The van der Waals surface area contributed by atoms with E-state index in [-0.39, 0.29) is 0 Å². The Morgan fingerprint density at radius 1 is 0.958 bits per heavy atom. The maximum absolute atomic E-state index is 5.74. The van der Waals surface area contributed by atoms with E-state index in [2.05, 4.69) is 89.7 Å². The van der Waals surface area contributed by atoms with E-state index >= 15 is 0 Å². The monoisotopic (exact) mass is 433 g/mol. The van der Waals surface area contributed by atoms with Crippen molar-refractivity contribution in [2.45, 2.75) is 6.42 Å². The van der Waals surface area contributed by atoms with Gasteiger partial charge in [-0.2, -0.15) is 0 Å². The third-order valence-electron chi connectivity index (χ3n) is 3.62. The van der Waals surface area contributed by atoms with Gasteiger partial charge in [0.1, 0.15) is 12.4 Å². The van der Waals surface area contributed by atoms with Crippen molar-refractivity contribution in [2.24, 2.45) is 0 Å².